The third-order valence-corrected chi connectivity index (χ3v) is 2.89. The average Bonchev–Trinajstić information content (AvgIpc) is 2.80. The standard InChI is InChI=1S/C7H14IO2P/c8-11-10-5-1-4-9-6-7-2-3-7/h7,11H,1-6H2. The molecule has 66 valence electrons. The van der Waals surface area contributed by atoms with Crippen molar-refractivity contribution in [1.29, 1.82) is 0 Å². The fraction of sp³-hybridized carbons (Fsp3) is 1.00. The summed E-state index contributed by atoms with van der Waals surface area (Å²) in [5, 5.41) is 0. The van der Waals surface area contributed by atoms with E-state index in [9.17, 15) is 0 Å². The van der Waals surface area contributed by atoms with Gasteiger partial charge < -0.3 is 9.26 Å². The molecule has 1 atom stereocenters. The molecule has 0 aromatic rings. The van der Waals surface area contributed by atoms with Crippen molar-refractivity contribution in [3.05, 3.63) is 0 Å². The van der Waals surface area contributed by atoms with Crippen molar-refractivity contribution >= 4 is 28.5 Å². The van der Waals surface area contributed by atoms with Crippen LogP contribution in [-0.2, 0) is 9.26 Å². The topological polar surface area (TPSA) is 18.5 Å². The first-order chi connectivity index (χ1) is 5.43. The Hall–Kier alpha value is 1.08. The average molecular weight is 288 g/mol. The van der Waals surface area contributed by atoms with E-state index in [-0.39, 0.29) is 0 Å². The molecular formula is C7H14IO2P. The first kappa shape index (κ1) is 10.2. The monoisotopic (exact) mass is 288 g/mol. The SMILES string of the molecule is IPOCCCOCC1CC1. The molecule has 1 saturated carbocycles. The van der Waals surface area contributed by atoms with Crippen LogP contribution < -0.4 is 0 Å². The maximum atomic E-state index is 5.42. The van der Waals surface area contributed by atoms with Crippen molar-refractivity contribution < 1.29 is 9.26 Å². The van der Waals surface area contributed by atoms with Crippen LogP contribution in [0.4, 0.5) is 0 Å². The van der Waals surface area contributed by atoms with Gasteiger partial charge in [0.25, 0.3) is 0 Å². The lowest BCUT2D eigenvalue weighted by Crippen LogP contribution is -2.00. The van der Waals surface area contributed by atoms with Gasteiger partial charge in [-0.05, 0) is 47.2 Å². The van der Waals surface area contributed by atoms with E-state index in [0.29, 0.717) is 6.45 Å². The normalized spacial score (nSPS) is 18.3. The van der Waals surface area contributed by atoms with Gasteiger partial charge in [-0.25, -0.2) is 0 Å². The van der Waals surface area contributed by atoms with E-state index in [1.807, 2.05) is 0 Å². The zero-order chi connectivity index (χ0) is 7.94. The zero-order valence-electron chi connectivity index (χ0n) is 6.51. The molecule has 0 aromatic heterocycles. The van der Waals surface area contributed by atoms with Crippen molar-refractivity contribution in [2.24, 2.45) is 5.92 Å². The van der Waals surface area contributed by atoms with Gasteiger partial charge in [0.05, 0.1) is 13.1 Å². The second kappa shape index (κ2) is 6.58. The molecule has 1 fully saturated rings. The van der Waals surface area contributed by atoms with Gasteiger partial charge in [-0.1, -0.05) is 0 Å². The maximum absolute atomic E-state index is 5.42. The van der Waals surface area contributed by atoms with Crippen molar-refractivity contribution in [1.82, 2.24) is 0 Å². The Bertz CT molecular complexity index is 98.4. The third-order valence-electron chi connectivity index (χ3n) is 1.64. The predicted octanol–water partition coefficient (Wildman–Crippen LogP) is 2.76. The van der Waals surface area contributed by atoms with Crippen molar-refractivity contribution in [2.75, 3.05) is 19.8 Å². The number of hydrogen-bond donors (Lipinski definition) is 0. The molecule has 1 unspecified atom stereocenters. The van der Waals surface area contributed by atoms with Crippen molar-refractivity contribution in [3.63, 3.8) is 0 Å². The predicted molar refractivity (Wildman–Crippen MR) is 56.4 cm³/mol. The molecule has 2 nitrogen and oxygen atoms in total. The molecule has 0 bridgehead atoms. The highest BCUT2D eigenvalue weighted by Gasteiger charge is 2.20. The molecule has 0 radical (unpaired) electrons. The van der Waals surface area contributed by atoms with Crippen LogP contribution in [0.1, 0.15) is 19.3 Å². The Morgan fingerprint density at radius 3 is 2.82 bits per heavy atom. The summed E-state index contributed by atoms with van der Waals surface area (Å²) >= 11 is 2.23. The lowest BCUT2D eigenvalue weighted by atomic mass is 10.4. The van der Waals surface area contributed by atoms with Crippen LogP contribution in [0, 0.1) is 5.92 Å². The molecule has 0 amide bonds. The fourth-order valence-electron chi connectivity index (χ4n) is 0.806. The number of hydrogen-bond acceptors (Lipinski definition) is 2. The Morgan fingerprint density at radius 1 is 1.36 bits per heavy atom. The van der Waals surface area contributed by atoms with Gasteiger partial charge in [0.15, 0.2) is 0 Å². The van der Waals surface area contributed by atoms with E-state index < -0.39 is 0 Å². The minimum Gasteiger partial charge on any atom is -0.381 e. The van der Waals surface area contributed by atoms with Gasteiger partial charge in [0, 0.05) is 13.2 Å². The highest BCUT2D eigenvalue weighted by atomic mass is 127. The first-order valence-corrected chi connectivity index (χ1v) is 8.01. The van der Waals surface area contributed by atoms with E-state index in [1.165, 1.54) is 12.8 Å². The summed E-state index contributed by atoms with van der Waals surface area (Å²) in [5.41, 5.74) is 0. The molecule has 0 spiro atoms. The van der Waals surface area contributed by atoms with Crippen LogP contribution in [0.15, 0.2) is 0 Å². The van der Waals surface area contributed by atoms with Crippen molar-refractivity contribution in [3.8, 4) is 0 Å². The molecule has 11 heavy (non-hydrogen) atoms. The van der Waals surface area contributed by atoms with Gasteiger partial charge in [-0.3, -0.25) is 0 Å². The molecular weight excluding hydrogens is 274 g/mol. The van der Waals surface area contributed by atoms with Crippen LogP contribution in [0.25, 0.3) is 0 Å². The lowest BCUT2D eigenvalue weighted by Gasteiger charge is -2.01. The maximum Gasteiger partial charge on any atom is 0.0793 e. The molecule has 0 heterocycles. The smallest absolute Gasteiger partial charge is 0.0793 e. The van der Waals surface area contributed by atoms with Crippen molar-refractivity contribution in [2.45, 2.75) is 19.3 Å². The largest absolute Gasteiger partial charge is 0.381 e. The van der Waals surface area contributed by atoms with Crippen LogP contribution in [0.5, 0.6) is 0 Å². The molecule has 1 aliphatic rings. The van der Waals surface area contributed by atoms with Gasteiger partial charge in [0.1, 0.15) is 0 Å². The van der Waals surface area contributed by atoms with Gasteiger partial charge in [0.2, 0.25) is 0 Å². The Labute approximate surface area is 82.8 Å². The molecule has 0 N–H and O–H groups in total. The quantitative estimate of drug-likeness (QED) is 0.407. The summed E-state index contributed by atoms with van der Waals surface area (Å²) in [6, 6.07) is 0. The number of rotatable bonds is 7. The van der Waals surface area contributed by atoms with Crippen LogP contribution in [0.3, 0.4) is 0 Å². The van der Waals surface area contributed by atoms with E-state index in [2.05, 4.69) is 22.0 Å². The first-order valence-electron chi connectivity index (χ1n) is 3.98. The summed E-state index contributed by atoms with van der Waals surface area (Å²) in [4.78, 5) is 0. The summed E-state index contributed by atoms with van der Waals surface area (Å²) in [6.45, 7) is 3.30. The molecule has 0 aliphatic heterocycles. The van der Waals surface area contributed by atoms with E-state index in [4.69, 9.17) is 9.26 Å². The number of halogens is 1. The summed E-state index contributed by atoms with van der Waals surface area (Å²) in [7, 11) is 0. The summed E-state index contributed by atoms with van der Waals surface area (Å²) < 4.78 is 10.6. The second-order valence-corrected chi connectivity index (χ2v) is 4.56. The van der Waals surface area contributed by atoms with Gasteiger partial charge in [-0.15, -0.1) is 0 Å². The highest BCUT2D eigenvalue weighted by molar-refractivity contribution is 14.2. The van der Waals surface area contributed by atoms with Crippen LogP contribution in [0.2, 0.25) is 0 Å². The van der Waals surface area contributed by atoms with Gasteiger partial charge in [-0.2, -0.15) is 0 Å². The Morgan fingerprint density at radius 2 is 2.18 bits per heavy atom. The zero-order valence-corrected chi connectivity index (χ0v) is 9.67. The molecule has 1 rings (SSSR count). The van der Waals surface area contributed by atoms with Gasteiger partial charge >= 0.3 is 0 Å². The summed E-state index contributed by atoms with van der Waals surface area (Å²) in [5.74, 6) is 0.891. The van der Waals surface area contributed by atoms with E-state index in [1.54, 1.807) is 0 Å². The molecule has 0 aromatic carbocycles. The number of ether oxygens (including phenoxy) is 1. The van der Waals surface area contributed by atoms with E-state index in [0.717, 1.165) is 32.2 Å². The highest BCUT2D eigenvalue weighted by Crippen LogP contribution is 2.28. The van der Waals surface area contributed by atoms with Crippen LogP contribution in [-0.4, -0.2) is 19.8 Å². The Kier molecular flexibility index (Phi) is 6.08. The second-order valence-electron chi connectivity index (χ2n) is 2.80. The summed E-state index contributed by atoms with van der Waals surface area (Å²) in [6.07, 6.45) is 3.81. The van der Waals surface area contributed by atoms with Crippen LogP contribution >= 0.6 is 28.5 Å². The molecule has 1 aliphatic carbocycles. The third kappa shape index (κ3) is 6.26. The Balaban J connectivity index is 1.66. The minimum atomic E-state index is 0.592. The fourth-order valence-corrected chi connectivity index (χ4v) is 1.69. The lowest BCUT2D eigenvalue weighted by molar-refractivity contribution is 0.113. The molecule has 0 saturated heterocycles. The minimum absolute atomic E-state index is 0.592. The van der Waals surface area contributed by atoms with E-state index >= 15 is 0 Å². The molecule has 4 heteroatoms.